The van der Waals surface area contributed by atoms with Crippen molar-refractivity contribution in [3.63, 3.8) is 0 Å². The minimum Gasteiger partial charge on any atom is -0.276 e. The van der Waals surface area contributed by atoms with E-state index in [2.05, 4.69) is 4.99 Å². The number of rotatable bonds is 3. The van der Waals surface area contributed by atoms with Crippen LogP contribution in [0, 0.1) is 17.2 Å². The average Bonchev–Trinajstić information content (AvgIpc) is 2.67. The monoisotopic (exact) mass is 434 g/mol. The molecule has 2 aromatic rings. The number of hydrogen-bond donors (Lipinski definition) is 1. The number of aliphatic imine (C=N–C) groups is 1. The molecule has 0 unspecified atom stereocenters. The highest BCUT2D eigenvalue weighted by Gasteiger charge is 2.41. The lowest BCUT2D eigenvalue weighted by molar-refractivity contribution is -0.138. The number of nitriles is 1. The molecule has 0 radical (unpaired) electrons. The van der Waals surface area contributed by atoms with Crippen LogP contribution in [0.4, 0.5) is 29.3 Å². The van der Waals surface area contributed by atoms with Crippen molar-refractivity contribution in [2.45, 2.75) is 6.18 Å². The molecule has 1 atom stereocenters. The summed E-state index contributed by atoms with van der Waals surface area (Å²) in [4.78, 5) is 41.3. The number of halogens is 4. The quantitative estimate of drug-likeness (QED) is 0.585. The SMILES string of the molecule is N#Cc1ccc(Cl)cc1N=C[C@@H]1C(=O)NC(=O)N(c2cccc(C(F)(F)F)c2)C1=O. The lowest BCUT2D eigenvalue weighted by Gasteiger charge is -2.28. The number of anilines is 1. The summed E-state index contributed by atoms with van der Waals surface area (Å²) < 4.78 is 38.9. The molecule has 4 amide bonds. The third kappa shape index (κ3) is 4.16. The number of carbonyl (C=O) groups excluding carboxylic acids is 3. The highest BCUT2D eigenvalue weighted by atomic mass is 35.5. The predicted octanol–water partition coefficient (Wildman–Crippen LogP) is 3.83. The van der Waals surface area contributed by atoms with Crippen molar-refractivity contribution in [1.29, 1.82) is 5.26 Å². The van der Waals surface area contributed by atoms with E-state index < -0.39 is 35.5 Å². The van der Waals surface area contributed by atoms with E-state index >= 15 is 0 Å². The Morgan fingerprint density at radius 3 is 2.57 bits per heavy atom. The summed E-state index contributed by atoms with van der Waals surface area (Å²) in [5.74, 6) is -3.70. The Morgan fingerprint density at radius 1 is 1.17 bits per heavy atom. The first kappa shape index (κ1) is 21.0. The van der Waals surface area contributed by atoms with Crippen molar-refractivity contribution in [3.8, 4) is 6.07 Å². The van der Waals surface area contributed by atoms with Gasteiger partial charge in [0.1, 0.15) is 6.07 Å². The second-order valence-electron chi connectivity index (χ2n) is 6.05. The standard InChI is InChI=1S/C19H10ClF3N4O3/c20-12-5-4-10(8-24)15(7-12)25-9-14-16(28)26-18(30)27(17(14)29)13-3-1-2-11(6-13)19(21,22)23/h1-7,9,14H,(H,26,28,30)/t14-/m1/s1. The molecule has 1 saturated heterocycles. The van der Waals surface area contributed by atoms with Gasteiger partial charge in [-0.15, -0.1) is 0 Å². The molecule has 1 aliphatic heterocycles. The van der Waals surface area contributed by atoms with Crippen molar-refractivity contribution < 1.29 is 27.6 Å². The molecule has 0 saturated carbocycles. The number of amides is 4. The summed E-state index contributed by atoms with van der Waals surface area (Å²) in [5.41, 5.74) is -1.24. The topological polar surface area (TPSA) is 103 Å². The molecule has 0 aromatic heterocycles. The van der Waals surface area contributed by atoms with E-state index in [0.717, 1.165) is 24.4 Å². The molecule has 11 heteroatoms. The van der Waals surface area contributed by atoms with Crippen molar-refractivity contribution >= 4 is 47.0 Å². The average molecular weight is 435 g/mol. The number of imide groups is 2. The maximum Gasteiger partial charge on any atom is 0.416 e. The van der Waals surface area contributed by atoms with E-state index in [1.165, 1.54) is 18.2 Å². The zero-order valence-electron chi connectivity index (χ0n) is 14.8. The number of hydrogen-bond acceptors (Lipinski definition) is 5. The van der Waals surface area contributed by atoms with E-state index in [-0.39, 0.29) is 22.0 Å². The van der Waals surface area contributed by atoms with Gasteiger partial charge in [-0.1, -0.05) is 17.7 Å². The van der Waals surface area contributed by atoms with Crippen molar-refractivity contribution in [2.24, 2.45) is 10.9 Å². The summed E-state index contributed by atoms with van der Waals surface area (Å²) in [5, 5.41) is 11.3. The molecule has 1 aliphatic rings. The normalized spacial score (nSPS) is 17.2. The van der Waals surface area contributed by atoms with Gasteiger partial charge in [-0.2, -0.15) is 18.4 Å². The molecule has 0 spiro atoms. The van der Waals surface area contributed by atoms with Crippen LogP contribution in [0.15, 0.2) is 47.5 Å². The summed E-state index contributed by atoms with van der Waals surface area (Å²) in [6.45, 7) is 0. The molecule has 1 N–H and O–H groups in total. The van der Waals surface area contributed by atoms with E-state index in [0.29, 0.717) is 11.0 Å². The molecule has 3 rings (SSSR count). The summed E-state index contributed by atoms with van der Waals surface area (Å²) in [6, 6.07) is 8.40. The fraction of sp³-hybridized carbons (Fsp3) is 0.105. The van der Waals surface area contributed by atoms with Gasteiger partial charge >= 0.3 is 12.2 Å². The first-order chi connectivity index (χ1) is 14.1. The maximum atomic E-state index is 13.0. The molecule has 30 heavy (non-hydrogen) atoms. The van der Waals surface area contributed by atoms with Crippen LogP contribution in [-0.2, 0) is 15.8 Å². The van der Waals surface area contributed by atoms with Gasteiger partial charge in [0.25, 0.3) is 5.91 Å². The van der Waals surface area contributed by atoms with Crippen molar-refractivity contribution in [3.05, 3.63) is 58.6 Å². The highest BCUT2D eigenvalue weighted by molar-refractivity contribution is 6.33. The minimum atomic E-state index is -4.69. The number of alkyl halides is 3. The van der Waals surface area contributed by atoms with Gasteiger partial charge in [0, 0.05) is 11.2 Å². The van der Waals surface area contributed by atoms with Crippen LogP contribution in [0.2, 0.25) is 5.02 Å². The number of urea groups is 1. The fourth-order valence-electron chi connectivity index (χ4n) is 2.65. The highest BCUT2D eigenvalue weighted by Crippen LogP contribution is 2.32. The second-order valence-corrected chi connectivity index (χ2v) is 6.48. The van der Waals surface area contributed by atoms with Gasteiger partial charge in [-0.05, 0) is 36.4 Å². The number of carbonyl (C=O) groups is 3. The van der Waals surface area contributed by atoms with Gasteiger partial charge in [0.05, 0.1) is 22.5 Å². The van der Waals surface area contributed by atoms with Crippen LogP contribution in [0.3, 0.4) is 0 Å². The Kier molecular flexibility index (Phi) is 5.58. The molecular formula is C19H10ClF3N4O3. The molecule has 2 aromatic carbocycles. The second kappa shape index (κ2) is 7.96. The lowest BCUT2D eigenvalue weighted by Crippen LogP contribution is -2.58. The molecule has 0 aliphatic carbocycles. The number of nitrogens with one attached hydrogen (secondary N) is 1. The van der Waals surface area contributed by atoms with Crippen molar-refractivity contribution in [1.82, 2.24) is 5.32 Å². The third-order valence-corrected chi connectivity index (χ3v) is 4.31. The van der Waals surface area contributed by atoms with Crippen LogP contribution in [0.5, 0.6) is 0 Å². The summed E-state index contributed by atoms with van der Waals surface area (Å²) >= 11 is 5.85. The third-order valence-electron chi connectivity index (χ3n) is 4.08. The summed E-state index contributed by atoms with van der Waals surface area (Å²) in [7, 11) is 0. The number of benzene rings is 2. The Bertz CT molecular complexity index is 1120. The van der Waals surface area contributed by atoms with Crippen LogP contribution >= 0.6 is 11.6 Å². The van der Waals surface area contributed by atoms with Gasteiger partial charge in [0.2, 0.25) is 5.91 Å². The maximum absolute atomic E-state index is 13.0. The van der Waals surface area contributed by atoms with Gasteiger partial charge in [0.15, 0.2) is 5.92 Å². The van der Waals surface area contributed by atoms with Gasteiger partial charge in [-0.3, -0.25) is 19.9 Å². The minimum absolute atomic E-state index is 0.0770. The van der Waals surface area contributed by atoms with Crippen molar-refractivity contribution in [2.75, 3.05) is 4.90 Å². The smallest absolute Gasteiger partial charge is 0.276 e. The van der Waals surface area contributed by atoms with E-state index in [9.17, 15) is 27.6 Å². The Labute approximate surface area is 172 Å². The molecule has 7 nitrogen and oxygen atoms in total. The molecule has 0 bridgehead atoms. The summed E-state index contributed by atoms with van der Waals surface area (Å²) in [6.07, 6.45) is -3.79. The van der Waals surface area contributed by atoms with Crippen LogP contribution in [0.1, 0.15) is 11.1 Å². The predicted molar refractivity (Wildman–Crippen MR) is 100 cm³/mol. The molecule has 152 valence electrons. The Morgan fingerprint density at radius 2 is 1.90 bits per heavy atom. The first-order valence-corrected chi connectivity index (χ1v) is 8.59. The molecule has 1 fully saturated rings. The zero-order chi connectivity index (χ0) is 22.1. The van der Waals surface area contributed by atoms with Gasteiger partial charge < -0.3 is 0 Å². The lowest BCUT2D eigenvalue weighted by atomic mass is 10.0. The van der Waals surface area contributed by atoms with Gasteiger partial charge in [-0.25, -0.2) is 9.69 Å². The van der Waals surface area contributed by atoms with E-state index in [4.69, 9.17) is 16.9 Å². The Balaban J connectivity index is 1.96. The van der Waals surface area contributed by atoms with E-state index in [1.807, 2.05) is 11.4 Å². The largest absolute Gasteiger partial charge is 0.416 e. The Hall–Kier alpha value is -3.71. The number of nitrogens with zero attached hydrogens (tertiary/aromatic N) is 3. The first-order valence-electron chi connectivity index (χ1n) is 8.21. The fourth-order valence-corrected chi connectivity index (χ4v) is 2.81. The zero-order valence-corrected chi connectivity index (χ0v) is 15.5. The van der Waals surface area contributed by atoms with Crippen LogP contribution in [0.25, 0.3) is 0 Å². The van der Waals surface area contributed by atoms with Crippen LogP contribution < -0.4 is 10.2 Å². The van der Waals surface area contributed by atoms with E-state index in [1.54, 1.807) is 0 Å². The van der Waals surface area contributed by atoms with Crippen LogP contribution in [-0.4, -0.2) is 24.1 Å². The molecular weight excluding hydrogens is 425 g/mol. The molecule has 1 heterocycles. The number of barbiturate groups is 1.